The van der Waals surface area contributed by atoms with Crippen LogP contribution in [0.15, 0.2) is 29.3 Å². The van der Waals surface area contributed by atoms with E-state index in [9.17, 15) is 4.79 Å². The molecule has 29 heavy (non-hydrogen) atoms. The van der Waals surface area contributed by atoms with Crippen molar-refractivity contribution in [3.8, 4) is 5.75 Å². The van der Waals surface area contributed by atoms with Crippen molar-refractivity contribution < 1.29 is 14.3 Å². The maximum absolute atomic E-state index is 12.6. The number of aliphatic imine (C=N–C) groups is 1. The van der Waals surface area contributed by atoms with Crippen molar-refractivity contribution in [3.63, 3.8) is 0 Å². The van der Waals surface area contributed by atoms with Crippen LogP contribution in [-0.2, 0) is 14.9 Å². The molecule has 1 N–H and O–H groups in total. The van der Waals surface area contributed by atoms with Crippen LogP contribution in [0.1, 0.15) is 31.2 Å². The summed E-state index contributed by atoms with van der Waals surface area (Å²) in [4.78, 5) is 21.2. The van der Waals surface area contributed by atoms with Crippen LogP contribution >= 0.6 is 0 Å². The molecule has 1 amide bonds. The zero-order valence-corrected chi connectivity index (χ0v) is 17.5. The third kappa shape index (κ3) is 4.20. The maximum Gasteiger partial charge on any atom is 0.251 e. The third-order valence-corrected chi connectivity index (χ3v) is 6.42. The van der Waals surface area contributed by atoms with Gasteiger partial charge < -0.3 is 24.6 Å². The number of carbonyl (C=O) groups excluding carboxylic acids is 1. The number of piperazine rings is 1. The number of nitrogens with one attached hydrogen (secondary N) is 1. The molecule has 158 valence electrons. The minimum absolute atomic E-state index is 0.125. The minimum atomic E-state index is -0.227. The van der Waals surface area contributed by atoms with Gasteiger partial charge in [0.05, 0.1) is 7.11 Å². The molecule has 1 aromatic carbocycles. The van der Waals surface area contributed by atoms with Crippen LogP contribution in [0, 0.1) is 0 Å². The molecule has 7 nitrogen and oxygen atoms in total. The molecule has 1 aromatic rings. The summed E-state index contributed by atoms with van der Waals surface area (Å²) in [5.74, 6) is 2.02. The Morgan fingerprint density at radius 1 is 1.24 bits per heavy atom. The number of rotatable bonds is 5. The van der Waals surface area contributed by atoms with Gasteiger partial charge in [-0.05, 0) is 31.7 Å². The molecule has 2 saturated heterocycles. The minimum Gasteiger partial charge on any atom is -0.496 e. The fourth-order valence-electron chi connectivity index (χ4n) is 4.47. The molecule has 0 spiro atoms. The molecule has 2 aliphatic heterocycles. The number of hydrogen-bond acceptors (Lipinski definition) is 4. The van der Waals surface area contributed by atoms with Gasteiger partial charge in [0.15, 0.2) is 5.96 Å². The number of methoxy groups -OCH3 is 1. The molecular formula is C22H32N4O3. The maximum atomic E-state index is 12.6. The predicted molar refractivity (Wildman–Crippen MR) is 112 cm³/mol. The van der Waals surface area contributed by atoms with Crippen LogP contribution in [0.5, 0.6) is 5.75 Å². The molecule has 0 aromatic heterocycles. The lowest BCUT2D eigenvalue weighted by atomic mass is 9.95. The van der Waals surface area contributed by atoms with E-state index in [2.05, 4.69) is 27.3 Å². The molecule has 4 rings (SSSR count). The number of ether oxygens (including phenoxy) is 2. The Kier molecular flexibility index (Phi) is 5.94. The van der Waals surface area contributed by atoms with Gasteiger partial charge in [0, 0.05) is 57.4 Å². The Bertz CT molecular complexity index is 748. The second kappa shape index (κ2) is 8.61. The largest absolute Gasteiger partial charge is 0.496 e. The summed E-state index contributed by atoms with van der Waals surface area (Å²) < 4.78 is 11.1. The Hall–Kier alpha value is -2.28. The van der Waals surface area contributed by atoms with E-state index in [1.165, 1.54) is 5.56 Å². The molecule has 2 heterocycles. The van der Waals surface area contributed by atoms with E-state index in [0.29, 0.717) is 6.61 Å². The van der Waals surface area contributed by atoms with Crippen molar-refractivity contribution in [2.24, 2.45) is 4.99 Å². The molecule has 1 aliphatic carbocycles. The van der Waals surface area contributed by atoms with Gasteiger partial charge in [-0.25, -0.2) is 0 Å². The fraction of sp³-hybridized carbons (Fsp3) is 0.636. The summed E-state index contributed by atoms with van der Waals surface area (Å²) in [6.07, 6.45) is 3.92. The molecule has 7 heteroatoms. The van der Waals surface area contributed by atoms with Gasteiger partial charge in [-0.3, -0.25) is 9.79 Å². The monoisotopic (exact) mass is 400 g/mol. The molecule has 0 radical (unpaired) electrons. The average Bonchev–Trinajstić information content (AvgIpc) is 3.36. The second-order valence-electron chi connectivity index (χ2n) is 8.20. The number of amides is 1. The Labute approximate surface area is 173 Å². The van der Waals surface area contributed by atoms with Gasteiger partial charge in [0.2, 0.25) is 0 Å². The van der Waals surface area contributed by atoms with Crippen LogP contribution in [0.3, 0.4) is 0 Å². The van der Waals surface area contributed by atoms with Crippen molar-refractivity contribution >= 4 is 11.9 Å². The molecule has 3 aliphatic rings. The average molecular weight is 401 g/mol. The number of benzene rings is 1. The first-order valence-corrected chi connectivity index (χ1v) is 10.7. The van der Waals surface area contributed by atoms with E-state index in [1.54, 1.807) is 7.11 Å². The summed E-state index contributed by atoms with van der Waals surface area (Å²) in [6, 6.07) is 8.31. The standard InChI is InChI=1S/C22H32N4O3/c1-23-21(24-16-22(9-10-22)17-6-3-4-7-18(17)28-2)26-13-11-25(12-14-26)20(27)19-8-5-15-29-19/h3-4,6-7,19H,5,8-16H2,1-2H3,(H,23,24). The molecular weight excluding hydrogens is 368 g/mol. The predicted octanol–water partition coefficient (Wildman–Crippen LogP) is 1.63. The SMILES string of the molecule is CN=C(NCC1(c2ccccc2OC)CC1)N1CCN(C(=O)C2CCCO2)CC1. The Morgan fingerprint density at radius 2 is 1.97 bits per heavy atom. The van der Waals surface area contributed by atoms with Crippen LogP contribution in [0.4, 0.5) is 0 Å². The van der Waals surface area contributed by atoms with Crippen LogP contribution in [0.2, 0.25) is 0 Å². The van der Waals surface area contributed by atoms with Crippen molar-refractivity contribution in [2.45, 2.75) is 37.2 Å². The first-order chi connectivity index (χ1) is 14.2. The van der Waals surface area contributed by atoms with E-state index >= 15 is 0 Å². The van der Waals surface area contributed by atoms with Gasteiger partial charge in [-0.1, -0.05) is 18.2 Å². The lowest BCUT2D eigenvalue weighted by Gasteiger charge is -2.37. The summed E-state index contributed by atoms with van der Waals surface area (Å²) in [6.45, 7) is 4.57. The van der Waals surface area contributed by atoms with Crippen molar-refractivity contribution in [1.29, 1.82) is 0 Å². The van der Waals surface area contributed by atoms with Crippen LogP contribution in [0.25, 0.3) is 0 Å². The Balaban J connectivity index is 1.32. The quantitative estimate of drug-likeness (QED) is 0.601. The van der Waals surface area contributed by atoms with E-state index in [-0.39, 0.29) is 17.4 Å². The zero-order valence-electron chi connectivity index (χ0n) is 17.5. The molecule has 1 unspecified atom stereocenters. The third-order valence-electron chi connectivity index (χ3n) is 6.42. The summed E-state index contributed by atoms with van der Waals surface area (Å²) >= 11 is 0. The molecule has 0 bridgehead atoms. The highest BCUT2D eigenvalue weighted by molar-refractivity contribution is 5.83. The zero-order chi connectivity index (χ0) is 20.3. The fourth-order valence-corrected chi connectivity index (χ4v) is 4.47. The van der Waals surface area contributed by atoms with E-state index in [0.717, 1.165) is 70.1 Å². The molecule has 1 atom stereocenters. The van der Waals surface area contributed by atoms with Crippen molar-refractivity contribution in [3.05, 3.63) is 29.8 Å². The summed E-state index contributed by atoms with van der Waals surface area (Å²) in [7, 11) is 3.56. The van der Waals surface area contributed by atoms with Gasteiger partial charge >= 0.3 is 0 Å². The number of guanidine groups is 1. The first-order valence-electron chi connectivity index (χ1n) is 10.7. The smallest absolute Gasteiger partial charge is 0.251 e. The lowest BCUT2D eigenvalue weighted by molar-refractivity contribution is -0.142. The Morgan fingerprint density at radius 3 is 2.59 bits per heavy atom. The second-order valence-corrected chi connectivity index (χ2v) is 8.20. The van der Waals surface area contributed by atoms with E-state index < -0.39 is 0 Å². The molecule has 1 saturated carbocycles. The highest BCUT2D eigenvalue weighted by Crippen LogP contribution is 2.50. The van der Waals surface area contributed by atoms with Gasteiger partial charge in [0.1, 0.15) is 11.9 Å². The van der Waals surface area contributed by atoms with Crippen LogP contribution in [-0.4, -0.2) is 81.3 Å². The highest BCUT2D eigenvalue weighted by Gasteiger charge is 2.46. The summed E-state index contributed by atoms with van der Waals surface area (Å²) in [5.41, 5.74) is 1.40. The first kappa shape index (κ1) is 20.0. The van der Waals surface area contributed by atoms with Crippen LogP contribution < -0.4 is 10.1 Å². The van der Waals surface area contributed by atoms with E-state index in [1.807, 2.05) is 24.1 Å². The molecule has 3 fully saturated rings. The van der Waals surface area contributed by atoms with Gasteiger partial charge in [-0.15, -0.1) is 0 Å². The highest BCUT2D eigenvalue weighted by atomic mass is 16.5. The number of nitrogens with zero attached hydrogens (tertiary/aromatic N) is 3. The normalized spacial score (nSPS) is 23.8. The number of hydrogen-bond donors (Lipinski definition) is 1. The summed E-state index contributed by atoms with van der Waals surface area (Å²) in [5, 5.41) is 3.58. The number of para-hydroxylation sites is 1. The topological polar surface area (TPSA) is 66.4 Å². The lowest BCUT2D eigenvalue weighted by Crippen LogP contribution is -2.55. The van der Waals surface area contributed by atoms with Crippen molar-refractivity contribution in [2.75, 3.05) is 53.5 Å². The van der Waals surface area contributed by atoms with E-state index in [4.69, 9.17) is 9.47 Å². The van der Waals surface area contributed by atoms with Crippen molar-refractivity contribution in [1.82, 2.24) is 15.1 Å². The van der Waals surface area contributed by atoms with Gasteiger partial charge in [-0.2, -0.15) is 0 Å². The number of carbonyl (C=O) groups is 1. The van der Waals surface area contributed by atoms with Gasteiger partial charge in [0.25, 0.3) is 5.91 Å².